The van der Waals surface area contributed by atoms with Gasteiger partial charge in [-0.05, 0) is 59.8 Å². The fourth-order valence-corrected chi connectivity index (χ4v) is 6.17. The lowest BCUT2D eigenvalue weighted by Gasteiger charge is -2.37. The van der Waals surface area contributed by atoms with Crippen LogP contribution in [0.5, 0.6) is 0 Å². The summed E-state index contributed by atoms with van der Waals surface area (Å²) >= 11 is 0. The molecule has 39 heavy (non-hydrogen) atoms. The van der Waals surface area contributed by atoms with Crippen molar-refractivity contribution < 1.29 is 9.90 Å². The predicted molar refractivity (Wildman–Crippen MR) is 160 cm³/mol. The SMILES string of the molecule is CC(CO)C1=C(NCCc2ccccc2)C(=NCCc2ccccc2)c2c(ccc3c2CCCC3(C)C)C1=O. The molecule has 2 N–H and O–H groups in total. The van der Waals surface area contributed by atoms with Crippen molar-refractivity contribution in [2.45, 2.75) is 58.3 Å². The van der Waals surface area contributed by atoms with Crippen LogP contribution in [0.25, 0.3) is 0 Å². The van der Waals surface area contributed by atoms with Gasteiger partial charge in [0.05, 0.1) is 11.4 Å². The molecule has 202 valence electrons. The molecule has 0 aromatic heterocycles. The van der Waals surface area contributed by atoms with E-state index in [-0.39, 0.29) is 23.7 Å². The summed E-state index contributed by atoms with van der Waals surface area (Å²) in [5.41, 5.74) is 9.22. The molecule has 0 heterocycles. The Labute approximate surface area is 232 Å². The van der Waals surface area contributed by atoms with Crippen LogP contribution in [0.1, 0.15) is 71.8 Å². The van der Waals surface area contributed by atoms with Gasteiger partial charge in [0.2, 0.25) is 0 Å². The van der Waals surface area contributed by atoms with Crippen molar-refractivity contribution in [3.63, 3.8) is 0 Å². The number of aliphatic imine (C=N–C) groups is 1. The molecule has 2 aliphatic carbocycles. The van der Waals surface area contributed by atoms with Crippen LogP contribution in [0.4, 0.5) is 0 Å². The van der Waals surface area contributed by atoms with E-state index in [1.165, 1.54) is 22.3 Å². The van der Waals surface area contributed by atoms with Gasteiger partial charge < -0.3 is 10.4 Å². The second-order valence-electron chi connectivity index (χ2n) is 11.6. The zero-order chi connectivity index (χ0) is 27.4. The van der Waals surface area contributed by atoms with E-state index in [0.717, 1.165) is 54.6 Å². The summed E-state index contributed by atoms with van der Waals surface area (Å²) in [6, 6.07) is 25.0. The third-order valence-electron chi connectivity index (χ3n) is 8.34. The van der Waals surface area contributed by atoms with Crippen LogP contribution < -0.4 is 5.32 Å². The molecule has 0 bridgehead atoms. The topological polar surface area (TPSA) is 61.7 Å². The molecule has 2 aliphatic rings. The summed E-state index contributed by atoms with van der Waals surface area (Å²) < 4.78 is 0. The average molecular weight is 521 g/mol. The number of benzene rings is 3. The Morgan fingerprint density at radius 1 is 0.949 bits per heavy atom. The van der Waals surface area contributed by atoms with Gasteiger partial charge in [-0.2, -0.15) is 0 Å². The monoisotopic (exact) mass is 520 g/mol. The van der Waals surface area contributed by atoms with E-state index >= 15 is 0 Å². The van der Waals surface area contributed by atoms with Crippen LogP contribution in [0.3, 0.4) is 0 Å². The molecule has 0 saturated heterocycles. The highest BCUT2D eigenvalue weighted by atomic mass is 16.3. The van der Waals surface area contributed by atoms with E-state index in [1.54, 1.807) is 0 Å². The molecular weight excluding hydrogens is 480 g/mol. The first-order chi connectivity index (χ1) is 18.9. The lowest BCUT2D eigenvalue weighted by atomic mass is 9.68. The fourth-order valence-electron chi connectivity index (χ4n) is 6.17. The highest BCUT2D eigenvalue weighted by molar-refractivity contribution is 6.29. The Morgan fingerprint density at radius 3 is 2.28 bits per heavy atom. The minimum Gasteiger partial charge on any atom is -0.396 e. The minimum absolute atomic E-state index is 0.0157. The minimum atomic E-state index is -0.295. The largest absolute Gasteiger partial charge is 0.396 e. The number of aliphatic hydroxyl groups excluding tert-OH is 1. The van der Waals surface area contributed by atoms with Gasteiger partial charge in [0.15, 0.2) is 5.78 Å². The maximum atomic E-state index is 14.1. The van der Waals surface area contributed by atoms with Gasteiger partial charge in [0.25, 0.3) is 0 Å². The summed E-state index contributed by atoms with van der Waals surface area (Å²) in [6.07, 6.45) is 4.86. The number of hydrogen-bond donors (Lipinski definition) is 2. The van der Waals surface area contributed by atoms with Crippen LogP contribution in [0.15, 0.2) is 89.1 Å². The van der Waals surface area contributed by atoms with E-state index in [1.807, 2.05) is 25.1 Å². The Morgan fingerprint density at radius 2 is 1.62 bits per heavy atom. The predicted octanol–water partition coefficient (Wildman–Crippen LogP) is 6.24. The number of Topliss-reactive ketones (excluding diaryl/α,β-unsaturated/α-hetero) is 1. The lowest BCUT2D eigenvalue weighted by Crippen LogP contribution is -2.37. The van der Waals surface area contributed by atoms with Crippen molar-refractivity contribution in [2.75, 3.05) is 19.7 Å². The number of allylic oxidation sites excluding steroid dienone is 1. The summed E-state index contributed by atoms with van der Waals surface area (Å²) in [6.45, 7) is 7.77. The van der Waals surface area contributed by atoms with E-state index in [4.69, 9.17) is 4.99 Å². The third kappa shape index (κ3) is 5.62. The zero-order valence-corrected chi connectivity index (χ0v) is 23.5. The van der Waals surface area contributed by atoms with Crippen LogP contribution in [0, 0.1) is 5.92 Å². The first-order valence-corrected chi connectivity index (χ1v) is 14.3. The Kier molecular flexibility index (Phi) is 8.13. The van der Waals surface area contributed by atoms with Crippen LogP contribution in [-0.4, -0.2) is 36.3 Å². The Balaban J connectivity index is 1.61. The molecule has 4 heteroatoms. The second-order valence-corrected chi connectivity index (χ2v) is 11.6. The highest BCUT2D eigenvalue weighted by Gasteiger charge is 2.38. The maximum absolute atomic E-state index is 14.1. The number of nitrogens with zero attached hydrogens (tertiary/aromatic N) is 1. The van der Waals surface area contributed by atoms with Gasteiger partial charge in [-0.25, -0.2) is 0 Å². The lowest BCUT2D eigenvalue weighted by molar-refractivity contribution is 0.101. The van der Waals surface area contributed by atoms with E-state index < -0.39 is 0 Å². The second kappa shape index (κ2) is 11.7. The van der Waals surface area contributed by atoms with Gasteiger partial charge in [-0.3, -0.25) is 9.79 Å². The first kappa shape index (κ1) is 27.1. The Bertz CT molecular complexity index is 1390. The molecule has 0 aliphatic heterocycles. The Hall–Kier alpha value is -3.50. The highest BCUT2D eigenvalue weighted by Crippen LogP contribution is 2.42. The molecule has 0 amide bonds. The number of nitrogens with one attached hydrogen (secondary N) is 1. The quantitative estimate of drug-likeness (QED) is 0.351. The first-order valence-electron chi connectivity index (χ1n) is 14.3. The summed E-state index contributed by atoms with van der Waals surface area (Å²) in [7, 11) is 0. The van der Waals surface area contributed by atoms with Crippen molar-refractivity contribution in [1.82, 2.24) is 5.32 Å². The number of hydrogen-bond acceptors (Lipinski definition) is 4. The van der Waals surface area contributed by atoms with Crippen molar-refractivity contribution in [1.29, 1.82) is 0 Å². The van der Waals surface area contributed by atoms with Gasteiger partial charge >= 0.3 is 0 Å². The van der Waals surface area contributed by atoms with Gasteiger partial charge in [-0.1, -0.05) is 93.6 Å². The maximum Gasteiger partial charge on any atom is 0.192 e. The molecule has 1 unspecified atom stereocenters. The number of carbonyl (C=O) groups is 1. The van der Waals surface area contributed by atoms with Gasteiger partial charge in [0, 0.05) is 42.3 Å². The van der Waals surface area contributed by atoms with Crippen molar-refractivity contribution in [3.8, 4) is 0 Å². The zero-order valence-electron chi connectivity index (χ0n) is 23.5. The molecule has 1 atom stereocenters. The van der Waals surface area contributed by atoms with E-state index in [2.05, 4.69) is 73.8 Å². The number of ketones is 1. The molecule has 0 radical (unpaired) electrons. The standard InChI is InChI=1S/C35H40N2O2/c1-24(23-38)30-32(36-21-18-25-11-6-4-7-12-25)33(37-22-19-26-13-8-5-9-14-26)31-27-15-10-20-35(2,3)29(27)17-16-28(31)34(30)39/h4-9,11-14,16-17,24,36,38H,10,15,18-23H2,1-3H3. The van der Waals surface area contributed by atoms with Crippen molar-refractivity contribution in [2.24, 2.45) is 10.9 Å². The van der Waals surface area contributed by atoms with Crippen LogP contribution >= 0.6 is 0 Å². The molecular formula is C35H40N2O2. The van der Waals surface area contributed by atoms with Crippen molar-refractivity contribution >= 4 is 11.5 Å². The van der Waals surface area contributed by atoms with Crippen LogP contribution in [0.2, 0.25) is 0 Å². The normalized spacial score (nSPS) is 18.1. The number of rotatable bonds is 9. The third-order valence-corrected chi connectivity index (χ3v) is 8.34. The van der Waals surface area contributed by atoms with Crippen LogP contribution in [-0.2, 0) is 24.7 Å². The summed E-state index contributed by atoms with van der Waals surface area (Å²) in [4.78, 5) is 19.3. The van der Waals surface area contributed by atoms with Crippen molar-refractivity contribution in [3.05, 3.63) is 117 Å². The molecule has 5 rings (SSSR count). The van der Waals surface area contributed by atoms with Gasteiger partial charge in [-0.15, -0.1) is 0 Å². The van der Waals surface area contributed by atoms with E-state index in [9.17, 15) is 9.90 Å². The summed E-state index contributed by atoms with van der Waals surface area (Å²) in [5.74, 6) is -0.279. The molecule has 4 nitrogen and oxygen atoms in total. The van der Waals surface area contributed by atoms with E-state index in [0.29, 0.717) is 18.7 Å². The average Bonchev–Trinajstić information content (AvgIpc) is 2.95. The molecule has 0 saturated carbocycles. The fraction of sp³-hybridized carbons (Fsp3) is 0.371. The van der Waals surface area contributed by atoms with Gasteiger partial charge in [0.1, 0.15) is 0 Å². The number of aliphatic hydroxyl groups is 1. The number of carbonyl (C=O) groups excluding carboxylic acids is 1. The molecule has 3 aromatic carbocycles. The molecule has 3 aromatic rings. The number of fused-ring (bicyclic) bond motifs is 3. The molecule has 0 spiro atoms. The smallest absolute Gasteiger partial charge is 0.192 e. The molecule has 0 fully saturated rings. The summed E-state index contributed by atoms with van der Waals surface area (Å²) in [5, 5.41) is 13.8.